The van der Waals surface area contributed by atoms with E-state index in [1.54, 1.807) is 48.5 Å². The molecule has 0 aliphatic rings. The molecule has 2 aromatic carbocycles. The van der Waals surface area contributed by atoms with Gasteiger partial charge in [0, 0.05) is 17.1 Å². The lowest BCUT2D eigenvalue weighted by Crippen LogP contribution is -2.14. The van der Waals surface area contributed by atoms with Crippen LogP contribution in [0.1, 0.15) is 5.56 Å². The number of nitrogens with zero attached hydrogens (tertiary/aromatic N) is 2. The summed E-state index contributed by atoms with van der Waals surface area (Å²) >= 11 is 11.8. The van der Waals surface area contributed by atoms with E-state index < -0.39 is 0 Å². The number of carbonyl (C=O) groups excluding carboxylic acids is 1. The van der Waals surface area contributed by atoms with Gasteiger partial charge in [0.05, 0.1) is 12.6 Å². The molecule has 3 N–H and O–H groups in total. The van der Waals surface area contributed by atoms with Crippen molar-refractivity contribution in [2.24, 2.45) is 0 Å². The van der Waals surface area contributed by atoms with E-state index in [-0.39, 0.29) is 17.6 Å². The van der Waals surface area contributed by atoms with Crippen molar-refractivity contribution in [3.63, 3.8) is 0 Å². The first-order valence-corrected chi connectivity index (χ1v) is 8.61. The Morgan fingerprint density at radius 3 is 2.59 bits per heavy atom. The first-order chi connectivity index (χ1) is 13.0. The molecule has 0 saturated heterocycles. The van der Waals surface area contributed by atoms with Crippen molar-refractivity contribution >= 4 is 52.0 Å². The minimum atomic E-state index is -0.210. The third-order valence-corrected chi connectivity index (χ3v) is 3.99. The Labute approximate surface area is 165 Å². The average molecular weight is 403 g/mol. The fraction of sp³-hybridized carbons (Fsp3) is 0.0556. The van der Waals surface area contributed by atoms with E-state index in [1.807, 2.05) is 5.48 Å². The number of rotatable bonds is 6. The van der Waals surface area contributed by atoms with Crippen molar-refractivity contribution in [1.29, 1.82) is 0 Å². The normalized spacial score (nSPS) is 10.3. The number of amides is 1. The zero-order valence-corrected chi connectivity index (χ0v) is 15.4. The van der Waals surface area contributed by atoms with Crippen LogP contribution in [0.2, 0.25) is 10.3 Å². The second-order valence-corrected chi connectivity index (χ2v) is 6.31. The van der Waals surface area contributed by atoms with Gasteiger partial charge in [0.15, 0.2) is 5.82 Å². The van der Waals surface area contributed by atoms with Gasteiger partial charge in [-0.3, -0.25) is 4.79 Å². The number of anilines is 4. The summed E-state index contributed by atoms with van der Waals surface area (Å²) in [5.74, 6) is 0.153. The second-order valence-electron chi connectivity index (χ2n) is 5.57. The topological polar surface area (TPSA) is 102 Å². The lowest BCUT2D eigenvalue weighted by atomic mass is 10.1. The maximum Gasteiger partial charge on any atom is 0.228 e. The highest BCUT2D eigenvalue weighted by Gasteiger charge is 2.08. The Morgan fingerprint density at radius 2 is 1.78 bits per heavy atom. The Morgan fingerprint density at radius 1 is 1.04 bits per heavy atom. The maximum atomic E-state index is 12.3. The molecule has 0 aliphatic carbocycles. The van der Waals surface area contributed by atoms with E-state index in [2.05, 4.69) is 20.6 Å². The number of hydrogen-bond donors (Lipinski definition) is 3. The molecule has 1 amide bonds. The molecule has 3 aromatic rings. The summed E-state index contributed by atoms with van der Waals surface area (Å²) < 4.78 is 0. The first-order valence-electron chi connectivity index (χ1n) is 7.85. The third-order valence-electron chi connectivity index (χ3n) is 3.53. The predicted molar refractivity (Wildman–Crippen MR) is 108 cm³/mol. The molecule has 0 spiro atoms. The van der Waals surface area contributed by atoms with Gasteiger partial charge in [0.2, 0.25) is 11.2 Å². The smallest absolute Gasteiger partial charge is 0.228 e. The number of carbonyl (C=O) groups is 1. The van der Waals surface area contributed by atoms with E-state index in [0.29, 0.717) is 27.9 Å². The molecular formula is C18H14Cl2N5O2-. The van der Waals surface area contributed by atoms with Gasteiger partial charge in [-0.05, 0) is 47.5 Å². The van der Waals surface area contributed by atoms with Crippen LogP contribution in [0.25, 0.3) is 0 Å². The van der Waals surface area contributed by atoms with Gasteiger partial charge in [-0.25, -0.2) is 4.98 Å². The van der Waals surface area contributed by atoms with Crippen LogP contribution in [0.15, 0.2) is 54.7 Å². The van der Waals surface area contributed by atoms with Crippen molar-refractivity contribution in [1.82, 2.24) is 9.97 Å². The second kappa shape index (κ2) is 8.68. The summed E-state index contributed by atoms with van der Waals surface area (Å²) in [6, 6.07) is 13.8. The molecule has 1 aromatic heterocycles. The van der Waals surface area contributed by atoms with Crippen LogP contribution in [-0.2, 0) is 11.2 Å². The largest absolute Gasteiger partial charge is 0.761 e. The van der Waals surface area contributed by atoms with Gasteiger partial charge in [0.25, 0.3) is 0 Å². The highest BCUT2D eigenvalue weighted by molar-refractivity contribution is 6.33. The summed E-state index contributed by atoms with van der Waals surface area (Å²) in [7, 11) is 0. The minimum absolute atomic E-state index is 0.0705. The molecule has 0 aliphatic heterocycles. The van der Waals surface area contributed by atoms with Crippen LogP contribution in [0.4, 0.5) is 22.9 Å². The van der Waals surface area contributed by atoms with Gasteiger partial charge in [0.1, 0.15) is 5.02 Å². The summed E-state index contributed by atoms with van der Waals surface area (Å²) in [5, 5.41) is 16.9. The molecule has 27 heavy (non-hydrogen) atoms. The SMILES string of the molecule is O=C(Cc1cccc(N[O-])c1)Nc1cccc(Nc2nc(Cl)ncc2Cl)c1. The van der Waals surface area contributed by atoms with Crippen molar-refractivity contribution < 1.29 is 4.79 Å². The van der Waals surface area contributed by atoms with Gasteiger partial charge in [-0.2, -0.15) is 4.98 Å². The molecule has 0 radical (unpaired) electrons. The molecule has 3 rings (SSSR count). The fourth-order valence-electron chi connectivity index (χ4n) is 2.38. The van der Waals surface area contributed by atoms with Crippen molar-refractivity contribution in [2.45, 2.75) is 6.42 Å². The standard InChI is InChI=1S/C18H14Cl2N5O2/c19-15-10-21-18(20)24-17(15)23-13-5-2-4-12(9-13)22-16(26)8-11-3-1-6-14(7-11)25-27/h1-7,9-10,25H,8H2,(H,22,26)(H,21,23,24)/q-1. The Hall–Kier alpha value is -2.87. The molecule has 0 saturated carbocycles. The lowest BCUT2D eigenvalue weighted by Gasteiger charge is -2.12. The Kier molecular flexibility index (Phi) is 6.08. The number of halogens is 2. The van der Waals surface area contributed by atoms with Crippen LogP contribution in [-0.4, -0.2) is 15.9 Å². The summed E-state index contributed by atoms with van der Waals surface area (Å²) in [5.41, 5.74) is 4.21. The van der Waals surface area contributed by atoms with Gasteiger partial charge < -0.3 is 21.3 Å². The molecule has 0 atom stereocenters. The average Bonchev–Trinajstić information content (AvgIpc) is 2.65. The van der Waals surface area contributed by atoms with Crippen molar-refractivity contribution in [3.05, 3.63) is 75.8 Å². The highest BCUT2D eigenvalue weighted by Crippen LogP contribution is 2.25. The number of benzene rings is 2. The van der Waals surface area contributed by atoms with Crippen molar-refractivity contribution in [3.8, 4) is 0 Å². The lowest BCUT2D eigenvalue weighted by molar-refractivity contribution is -0.115. The monoisotopic (exact) mass is 402 g/mol. The molecule has 0 unspecified atom stereocenters. The van der Waals surface area contributed by atoms with Gasteiger partial charge in [-0.1, -0.05) is 29.8 Å². The van der Waals surface area contributed by atoms with Crippen LogP contribution in [0.3, 0.4) is 0 Å². The Balaban J connectivity index is 1.68. The number of aromatic nitrogens is 2. The minimum Gasteiger partial charge on any atom is -0.761 e. The molecular weight excluding hydrogens is 389 g/mol. The Bertz CT molecular complexity index is 968. The van der Waals surface area contributed by atoms with Crippen LogP contribution in [0.5, 0.6) is 0 Å². The van der Waals surface area contributed by atoms with Crippen molar-refractivity contribution in [2.75, 3.05) is 16.1 Å². The zero-order valence-electron chi connectivity index (χ0n) is 13.9. The van der Waals surface area contributed by atoms with Crippen LogP contribution >= 0.6 is 23.2 Å². The van der Waals surface area contributed by atoms with Gasteiger partial charge in [-0.15, -0.1) is 0 Å². The van der Waals surface area contributed by atoms with E-state index >= 15 is 0 Å². The van der Waals surface area contributed by atoms with E-state index in [1.165, 1.54) is 6.20 Å². The van der Waals surface area contributed by atoms with E-state index in [4.69, 9.17) is 23.2 Å². The van der Waals surface area contributed by atoms with E-state index in [0.717, 1.165) is 5.56 Å². The number of hydrogen-bond acceptors (Lipinski definition) is 6. The zero-order chi connectivity index (χ0) is 19.2. The quantitative estimate of drug-likeness (QED) is 0.410. The summed E-state index contributed by atoms with van der Waals surface area (Å²) in [6.07, 6.45) is 1.54. The molecule has 1 heterocycles. The van der Waals surface area contributed by atoms with Crippen LogP contribution < -0.4 is 16.1 Å². The molecule has 138 valence electrons. The highest BCUT2D eigenvalue weighted by atomic mass is 35.5. The molecule has 9 heteroatoms. The van der Waals surface area contributed by atoms with Crippen LogP contribution in [0, 0.1) is 5.21 Å². The predicted octanol–water partition coefficient (Wildman–Crippen LogP) is 4.62. The molecule has 0 fully saturated rings. The molecule has 7 nitrogen and oxygen atoms in total. The number of nitrogens with one attached hydrogen (secondary N) is 3. The summed E-state index contributed by atoms with van der Waals surface area (Å²) in [6.45, 7) is 0. The molecule has 0 bridgehead atoms. The van der Waals surface area contributed by atoms with E-state index in [9.17, 15) is 10.0 Å². The fourth-order valence-corrected chi connectivity index (χ4v) is 2.65. The summed E-state index contributed by atoms with van der Waals surface area (Å²) in [4.78, 5) is 20.1. The van der Waals surface area contributed by atoms with Gasteiger partial charge >= 0.3 is 0 Å². The maximum absolute atomic E-state index is 12.3. The first kappa shape index (κ1) is 18.9. The third kappa shape index (κ3) is 5.30.